The highest BCUT2D eigenvalue weighted by atomic mass is 19.1. The molecule has 25 aromatic rings. The molecule has 5 aliphatic carbocycles. The number of halogens is 1. The zero-order valence-electron chi connectivity index (χ0n) is 83.5. The molecule has 5 fully saturated rings. The first kappa shape index (κ1) is 90.4. The predicted octanol–water partition coefficient (Wildman–Crippen LogP) is 31.1. The van der Waals surface area contributed by atoms with Gasteiger partial charge in [0, 0.05) is 115 Å². The van der Waals surface area contributed by atoms with Crippen molar-refractivity contribution in [1.29, 1.82) is 0 Å². The minimum atomic E-state index is -0.269. The molecule has 148 heavy (non-hydrogen) atoms. The molecule has 0 saturated heterocycles. The molecular formula is C123H104FN19O5. The number of aromatic nitrogens is 19. The van der Waals surface area contributed by atoms with Crippen LogP contribution >= 0.6 is 0 Å². The van der Waals surface area contributed by atoms with Crippen LogP contribution in [0, 0.1) is 75.1 Å². The second-order valence-corrected chi connectivity index (χ2v) is 40.3. The molecule has 6 N–H and O–H groups in total. The first-order valence-electron chi connectivity index (χ1n) is 51.0. The Balaban J connectivity index is 0.0000000937. The van der Waals surface area contributed by atoms with Crippen LogP contribution in [0.25, 0.3) is 216 Å². The summed E-state index contributed by atoms with van der Waals surface area (Å²) in [5.41, 5.74) is 40.5. The topological polar surface area (TPSA) is 320 Å². The van der Waals surface area contributed by atoms with Crippen LogP contribution in [0.1, 0.15) is 180 Å². The number of rotatable bonds is 17. The van der Waals surface area contributed by atoms with E-state index in [-0.39, 0.29) is 5.82 Å². The van der Waals surface area contributed by atoms with Crippen LogP contribution in [0.3, 0.4) is 0 Å². The van der Waals surface area contributed by atoms with Gasteiger partial charge in [0.15, 0.2) is 0 Å². The van der Waals surface area contributed by atoms with E-state index in [1.807, 2.05) is 81.6 Å². The van der Waals surface area contributed by atoms with Crippen molar-refractivity contribution in [2.24, 2.45) is 0 Å². The van der Waals surface area contributed by atoms with E-state index in [0.29, 0.717) is 29.6 Å². The average Bonchev–Trinajstić information content (AvgIpc) is 1.48. The number of para-hydroxylation sites is 1. The Bertz CT molecular complexity index is 9150. The molecule has 13 aromatic heterocycles. The van der Waals surface area contributed by atoms with Crippen molar-refractivity contribution in [3.63, 3.8) is 0 Å². The van der Waals surface area contributed by atoms with E-state index < -0.39 is 0 Å². The van der Waals surface area contributed by atoms with E-state index in [9.17, 15) is 4.39 Å². The van der Waals surface area contributed by atoms with Crippen LogP contribution in [-0.2, 0) is 0 Å². The van der Waals surface area contributed by atoms with Crippen LogP contribution in [-0.4, -0.2) is 95.4 Å². The zero-order chi connectivity index (χ0) is 100.0. The molecule has 0 bridgehead atoms. The second kappa shape index (κ2) is 36.6. The largest absolute Gasteiger partial charge is 0.361 e. The fourth-order valence-corrected chi connectivity index (χ4v) is 21.6. The van der Waals surface area contributed by atoms with Crippen molar-refractivity contribution in [2.75, 3.05) is 0 Å². The van der Waals surface area contributed by atoms with Gasteiger partial charge in [-0.05, 0) is 314 Å². The van der Waals surface area contributed by atoms with Gasteiger partial charge in [-0.1, -0.05) is 159 Å². The van der Waals surface area contributed by atoms with Crippen LogP contribution in [0.2, 0.25) is 0 Å². The summed E-state index contributed by atoms with van der Waals surface area (Å²) in [6.07, 6.45) is 19.8. The first-order valence-corrected chi connectivity index (χ1v) is 51.0. The predicted molar refractivity (Wildman–Crippen MR) is 580 cm³/mol. The standard InChI is InChI=1S/C27H23N3O.C25H21N3O.C24H20FN5O.C24H20N4O.C23H20N4O/c1-16-25(17(2)31-30-16)20-14-23(26-24(15-20)28-27(29-26)19-12-13-19)22-11-7-6-10-21(22)18-8-4-3-5-9-18;1-14-23(15(2)29-28-14)18-12-21(20-9-5-7-16-6-3-4-8-19(16)20)24-22(13-18)26-25(27-24)17-10-11-17;1-12-21(13(2)31-30-12)16-9-18(23-20(10-16)27-24(28-23)15-3-4-15)19-11-26-29-22(19)14-5-7-17(25)8-6-14;1-13-22(14(2)29-28-13)17-10-20(19-5-3-4-16-12-25-9-8-18(16)19)23-21(11-17)26-24(27-23)15-6-7-15;1-13-21(14(2)28-26-13)17-11-18-22(25-23(24-18)16-7-8-16)20(12-17)27-10-9-15-5-3-4-6-19(15)27/h3-11,14-15,19H,12-13H2,1-2H3,(H,28,29);3-9,12-13,17H,10-11H2,1-2H3,(H,26,27);5-11,15H,3-4H2,1-2H3,(H,26,29)(H,27,28);3-5,8-12,15H,6-7H2,1-2H3,(H,26,27);3-6,9-12,16H,7-8H2,1-2H3,(H,24,25). The Hall–Kier alpha value is -17.6. The Morgan fingerprint density at radius 3 is 1.07 bits per heavy atom. The summed E-state index contributed by atoms with van der Waals surface area (Å²) >= 11 is 0. The van der Waals surface area contributed by atoms with E-state index in [1.165, 1.54) is 126 Å². The molecule has 0 aliphatic heterocycles. The van der Waals surface area contributed by atoms with E-state index in [4.69, 9.17) is 47.5 Å². The maximum atomic E-state index is 13.5. The van der Waals surface area contributed by atoms with Crippen LogP contribution in [0.5, 0.6) is 0 Å². The summed E-state index contributed by atoms with van der Waals surface area (Å²) < 4.78 is 42.9. The van der Waals surface area contributed by atoms with Gasteiger partial charge in [-0.3, -0.25) is 10.1 Å². The Kier molecular flexibility index (Phi) is 22.4. The molecule has 24 nitrogen and oxygen atoms in total. The number of nitrogens with zero attached hydrogens (tertiary/aromatic N) is 13. The number of benzene rings is 12. The molecule has 12 aromatic carbocycles. The van der Waals surface area contributed by atoms with Crippen molar-refractivity contribution < 1.29 is 27.0 Å². The summed E-state index contributed by atoms with van der Waals surface area (Å²) in [5.74, 6) is 12.1. The Morgan fingerprint density at radius 2 is 0.635 bits per heavy atom. The Morgan fingerprint density at radius 1 is 0.284 bits per heavy atom. The zero-order valence-corrected chi connectivity index (χ0v) is 83.5. The Labute approximate surface area is 849 Å². The summed E-state index contributed by atoms with van der Waals surface area (Å²) in [4.78, 5) is 47.2. The highest BCUT2D eigenvalue weighted by Gasteiger charge is 2.35. The third-order valence-corrected chi connectivity index (χ3v) is 29.7. The lowest BCUT2D eigenvalue weighted by Gasteiger charge is -2.12. The van der Waals surface area contributed by atoms with E-state index >= 15 is 0 Å². The molecule has 5 saturated carbocycles. The average molecular weight is 1950 g/mol. The lowest BCUT2D eigenvalue weighted by atomic mass is 9.91. The van der Waals surface area contributed by atoms with Gasteiger partial charge in [-0.2, -0.15) is 5.10 Å². The minimum absolute atomic E-state index is 0.269. The molecule has 0 spiro atoms. The van der Waals surface area contributed by atoms with Crippen LogP contribution in [0.15, 0.2) is 284 Å². The summed E-state index contributed by atoms with van der Waals surface area (Å²) in [7, 11) is 0. The molecule has 0 atom stereocenters. The highest BCUT2D eigenvalue weighted by Crippen LogP contribution is 2.51. The summed E-state index contributed by atoms with van der Waals surface area (Å²) in [6.45, 7) is 19.7. The van der Waals surface area contributed by atoms with Crippen LogP contribution in [0.4, 0.5) is 4.39 Å². The third kappa shape index (κ3) is 16.9. The van der Waals surface area contributed by atoms with Crippen molar-refractivity contribution in [1.82, 2.24) is 95.4 Å². The number of nitrogens with one attached hydrogen (secondary N) is 6. The number of hydrogen-bond donors (Lipinski definition) is 6. The number of hydrogen-bond acceptors (Lipinski definition) is 17. The smallest absolute Gasteiger partial charge is 0.141 e. The number of aryl methyl sites for hydroxylation is 10. The molecule has 13 heterocycles. The van der Waals surface area contributed by atoms with Gasteiger partial charge in [0.1, 0.15) is 69.3 Å². The molecule has 25 heteroatoms. The number of fused-ring (bicyclic) bond motifs is 8. The molecule has 30 rings (SSSR count). The quantitative estimate of drug-likeness (QED) is 0.0493. The number of H-pyrrole nitrogens is 6. The van der Waals surface area contributed by atoms with Gasteiger partial charge in [0.2, 0.25) is 0 Å². The molecule has 728 valence electrons. The molecule has 0 unspecified atom stereocenters. The number of aromatic amines is 6. The highest BCUT2D eigenvalue weighted by molar-refractivity contribution is 6.09. The lowest BCUT2D eigenvalue weighted by molar-refractivity contribution is 0.393. The van der Waals surface area contributed by atoms with Crippen molar-refractivity contribution in [2.45, 2.75) is 163 Å². The van der Waals surface area contributed by atoms with Gasteiger partial charge in [-0.15, -0.1) is 0 Å². The molecular weight excluding hydrogens is 1840 g/mol. The summed E-state index contributed by atoms with van der Waals surface area (Å²) in [5, 5.41) is 34.2. The van der Waals surface area contributed by atoms with Gasteiger partial charge in [-0.25, -0.2) is 29.3 Å². The molecule has 0 radical (unpaired) electrons. The van der Waals surface area contributed by atoms with Gasteiger partial charge < -0.3 is 52.1 Å². The van der Waals surface area contributed by atoms with Crippen molar-refractivity contribution >= 4 is 87.6 Å². The molecule has 5 aliphatic rings. The fourth-order valence-electron chi connectivity index (χ4n) is 21.6. The monoisotopic (exact) mass is 1950 g/mol. The maximum Gasteiger partial charge on any atom is 0.141 e. The fraction of sp³-hybridized carbons (Fsp3) is 0.203. The van der Waals surface area contributed by atoms with E-state index in [0.717, 1.165) is 253 Å². The lowest BCUT2D eigenvalue weighted by Crippen LogP contribution is -1.95. The third-order valence-electron chi connectivity index (χ3n) is 29.7. The van der Waals surface area contributed by atoms with Gasteiger partial charge in [0.05, 0.1) is 101 Å². The van der Waals surface area contributed by atoms with E-state index in [1.54, 1.807) is 18.3 Å². The maximum absolute atomic E-state index is 13.5. The normalized spacial score (nSPS) is 14.0. The van der Waals surface area contributed by atoms with Crippen LogP contribution < -0.4 is 0 Å². The van der Waals surface area contributed by atoms with Crippen molar-refractivity contribution in [3.05, 3.63) is 354 Å². The molecule has 0 amide bonds. The first-order chi connectivity index (χ1) is 72.3. The van der Waals surface area contributed by atoms with E-state index in [2.05, 4.69) is 289 Å². The number of imidazole rings is 5. The second-order valence-electron chi connectivity index (χ2n) is 40.3. The van der Waals surface area contributed by atoms with Gasteiger partial charge >= 0.3 is 0 Å². The SMILES string of the molecule is Cc1noc(C)c1-c1cc(-c2cccc3ccccc23)c2nc(C3CC3)[nH]c2c1.Cc1noc(C)c1-c1cc(-c2cccc3cnccc23)c2nc(C3CC3)[nH]c2c1.Cc1noc(C)c1-c1cc(-c2ccccc2-c2ccccc2)c2nc(C3CC3)[nH]c2c1.Cc1noc(C)c1-c1cc(-c2cn[nH]c2-c2ccc(F)cc2)c2nc(C3CC3)[nH]c2c1.Cc1noc(C)c1-c1cc(-n2ccc3ccccc32)c2nc(C3CC3)[nH]c2c1. The van der Waals surface area contributed by atoms with Crippen molar-refractivity contribution in [3.8, 4) is 128 Å². The summed E-state index contributed by atoms with van der Waals surface area (Å²) in [6, 6.07) is 81.5. The minimum Gasteiger partial charge on any atom is -0.361 e. The number of pyridine rings is 1. The van der Waals surface area contributed by atoms with Gasteiger partial charge in [0.25, 0.3) is 0 Å².